The number of nitrogens with zero attached hydrogens (tertiary/aromatic N) is 2. The van der Waals surface area contributed by atoms with E-state index in [1.807, 2.05) is 29.2 Å². The van der Waals surface area contributed by atoms with Gasteiger partial charge in [0.1, 0.15) is 5.75 Å². The number of hydrogen-bond acceptors (Lipinski definition) is 3. The second-order valence-corrected chi connectivity index (χ2v) is 10.0. The Hall–Kier alpha value is -2.53. The molecule has 0 fully saturated rings. The standard InChI is InChI=1S/C32H51N3O2/c1-5-9-13-28-14-18-30(19-15-28)33-32(36)35(25-24-34(22-10-6-2)23-11-7-3)27-29-16-20-31(21-17-29)37-26-12-8-4/h14-21H,5-13,22-27H2,1-4H3,(H,33,36). The van der Waals surface area contributed by atoms with Crippen LogP contribution in [0.15, 0.2) is 48.5 Å². The number of aryl methyl sites for hydroxylation is 1. The number of anilines is 1. The Bertz CT molecular complexity index is 843. The zero-order valence-corrected chi connectivity index (χ0v) is 23.9. The third-order valence-electron chi connectivity index (χ3n) is 6.72. The van der Waals surface area contributed by atoms with Crippen LogP contribution in [0.5, 0.6) is 5.75 Å². The number of rotatable bonds is 19. The quantitative estimate of drug-likeness (QED) is 0.194. The van der Waals surface area contributed by atoms with Gasteiger partial charge < -0.3 is 19.9 Å². The van der Waals surface area contributed by atoms with Gasteiger partial charge in [0.2, 0.25) is 0 Å². The van der Waals surface area contributed by atoms with Gasteiger partial charge in [0.15, 0.2) is 0 Å². The second-order valence-electron chi connectivity index (χ2n) is 10.0. The van der Waals surface area contributed by atoms with E-state index in [0.29, 0.717) is 13.1 Å². The molecule has 0 aliphatic heterocycles. The fourth-order valence-electron chi connectivity index (χ4n) is 4.20. The van der Waals surface area contributed by atoms with Gasteiger partial charge >= 0.3 is 6.03 Å². The number of ether oxygens (including phenoxy) is 1. The maximum Gasteiger partial charge on any atom is 0.322 e. The first kappa shape index (κ1) is 30.7. The summed E-state index contributed by atoms with van der Waals surface area (Å²) in [7, 11) is 0. The van der Waals surface area contributed by atoms with Crippen molar-refractivity contribution in [2.24, 2.45) is 0 Å². The zero-order chi connectivity index (χ0) is 26.7. The third-order valence-corrected chi connectivity index (χ3v) is 6.72. The van der Waals surface area contributed by atoms with E-state index in [0.717, 1.165) is 62.5 Å². The molecule has 0 saturated carbocycles. The van der Waals surface area contributed by atoms with Gasteiger partial charge in [0.05, 0.1) is 6.61 Å². The van der Waals surface area contributed by atoms with Gasteiger partial charge in [-0.05, 0) is 80.6 Å². The molecule has 5 nitrogen and oxygen atoms in total. The molecule has 0 unspecified atom stereocenters. The minimum absolute atomic E-state index is 0.0458. The lowest BCUT2D eigenvalue weighted by atomic mass is 10.1. The molecule has 206 valence electrons. The van der Waals surface area contributed by atoms with Crippen LogP contribution in [0.1, 0.15) is 90.2 Å². The molecule has 1 N–H and O–H groups in total. The number of unbranched alkanes of at least 4 members (excludes halogenated alkanes) is 4. The van der Waals surface area contributed by atoms with Crippen LogP contribution in [0.4, 0.5) is 10.5 Å². The van der Waals surface area contributed by atoms with Gasteiger partial charge in [0.25, 0.3) is 0 Å². The van der Waals surface area contributed by atoms with Gasteiger partial charge in [-0.25, -0.2) is 4.79 Å². The second kappa shape index (κ2) is 18.7. The molecule has 0 aliphatic carbocycles. The maximum atomic E-state index is 13.4. The van der Waals surface area contributed by atoms with Crippen LogP contribution in [0.2, 0.25) is 0 Å². The van der Waals surface area contributed by atoms with Gasteiger partial charge in [0, 0.05) is 25.3 Å². The molecule has 0 aromatic heterocycles. The molecule has 0 saturated heterocycles. The highest BCUT2D eigenvalue weighted by Crippen LogP contribution is 2.17. The van der Waals surface area contributed by atoms with Crippen molar-refractivity contribution in [3.8, 4) is 5.75 Å². The van der Waals surface area contributed by atoms with Crippen molar-refractivity contribution < 1.29 is 9.53 Å². The lowest BCUT2D eigenvalue weighted by Crippen LogP contribution is -2.41. The fourth-order valence-corrected chi connectivity index (χ4v) is 4.20. The van der Waals surface area contributed by atoms with Crippen molar-refractivity contribution in [2.45, 2.75) is 92.0 Å². The Morgan fingerprint density at radius 1 is 0.703 bits per heavy atom. The van der Waals surface area contributed by atoms with Crippen LogP contribution in [-0.2, 0) is 13.0 Å². The number of hydrogen-bond donors (Lipinski definition) is 1. The van der Waals surface area contributed by atoms with Crippen molar-refractivity contribution in [2.75, 3.05) is 38.1 Å². The molecule has 0 radical (unpaired) electrons. The van der Waals surface area contributed by atoms with Crippen LogP contribution in [0.3, 0.4) is 0 Å². The summed E-state index contributed by atoms with van der Waals surface area (Å²) in [4.78, 5) is 17.9. The SMILES string of the molecule is CCCCOc1ccc(CN(CCN(CCCC)CCCC)C(=O)Nc2ccc(CCCC)cc2)cc1. The molecule has 2 aromatic rings. The smallest absolute Gasteiger partial charge is 0.322 e. The molecule has 2 rings (SSSR count). The zero-order valence-electron chi connectivity index (χ0n) is 23.9. The number of benzene rings is 2. The molecular formula is C32H51N3O2. The van der Waals surface area contributed by atoms with Crippen LogP contribution in [0, 0.1) is 0 Å². The molecule has 5 heteroatoms. The molecule has 0 bridgehead atoms. The van der Waals surface area contributed by atoms with Crippen molar-refractivity contribution in [1.29, 1.82) is 0 Å². The van der Waals surface area contributed by atoms with E-state index >= 15 is 0 Å². The minimum atomic E-state index is -0.0458. The Morgan fingerprint density at radius 2 is 1.30 bits per heavy atom. The summed E-state index contributed by atoms with van der Waals surface area (Å²) < 4.78 is 5.82. The van der Waals surface area contributed by atoms with E-state index in [-0.39, 0.29) is 6.03 Å². The van der Waals surface area contributed by atoms with Crippen LogP contribution >= 0.6 is 0 Å². The van der Waals surface area contributed by atoms with E-state index < -0.39 is 0 Å². The predicted octanol–water partition coefficient (Wildman–Crippen LogP) is 8.14. The third kappa shape index (κ3) is 12.5. The summed E-state index contributed by atoms with van der Waals surface area (Å²) in [5.74, 6) is 0.890. The highest BCUT2D eigenvalue weighted by molar-refractivity contribution is 5.89. The number of urea groups is 1. The fraction of sp³-hybridized carbons (Fsp3) is 0.594. The highest BCUT2D eigenvalue weighted by Gasteiger charge is 2.16. The predicted molar refractivity (Wildman–Crippen MR) is 158 cm³/mol. The molecule has 2 amide bonds. The average Bonchev–Trinajstić information content (AvgIpc) is 2.92. The number of carbonyl (C=O) groups is 1. The summed E-state index contributed by atoms with van der Waals surface area (Å²) in [5.41, 5.74) is 3.28. The number of nitrogens with one attached hydrogen (secondary N) is 1. The molecule has 0 aliphatic rings. The summed E-state index contributed by atoms with van der Waals surface area (Å²) in [6, 6.07) is 16.5. The van der Waals surface area contributed by atoms with E-state index in [1.165, 1.54) is 44.1 Å². The van der Waals surface area contributed by atoms with Crippen LogP contribution in [-0.4, -0.2) is 48.6 Å². The topological polar surface area (TPSA) is 44.8 Å². The first-order chi connectivity index (χ1) is 18.1. The molecule has 0 spiro atoms. The van der Waals surface area contributed by atoms with Crippen molar-refractivity contribution in [1.82, 2.24) is 9.80 Å². The molecule has 2 aromatic carbocycles. The van der Waals surface area contributed by atoms with E-state index in [4.69, 9.17) is 4.74 Å². The summed E-state index contributed by atoms with van der Waals surface area (Å²) in [6.45, 7) is 13.9. The molecule has 0 atom stereocenters. The Balaban J connectivity index is 2.07. The van der Waals surface area contributed by atoms with Gasteiger partial charge in [-0.3, -0.25) is 0 Å². The normalized spacial score (nSPS) is 11.1. The first-order valence-corrected chi connectivity index (χ1v) is 14.7. The Kier molecular flexibility index (Phi) is 15.5. The molecule has 0 heterocycles. The highest BCUT2D eigenvalue weighted by atomic mass is 16.5. The average molecular weight is 510 g/mol. The van der Waals surface area contributed by atoms with Crippen molar-refractivity contribution >= 4 is 11.7 Å². The van der Waals surface area contributed by atoms with Gasteiger partial charge in [-0.2, -0.15) is 0 Å². The van der Waals surface area contributed by atoms with E-state index in [2.05, 4.69) is 62.2 Å². The first-order valence-electron chi connectivity index (χ1n) is 14.7. The number of amides is 2. The lowest BCUT2D eigenvalue weighted by molar-refractivity contribution is 0.188. The summed E-state index contributed by atoms with van der Waals surface area (Å²) >= 11 is 0. The Labute approximate surface area is 226 Å². The van der Waals surface area contributed by atoms with E-state index in [9.17, 15) is 4.79 Å². The maximum absolute atomic E-state index is 13.4. The summed E-state index contributed by atoms with van der Waals surface area (Å²) in [5, 5.41) is 3.15. The Morgan fingerprint density at radius 3 is 1.89 bits per heavy atom. The van der Waals surface area contributed by atoms with Crippen molar-refractivity contribution in [3.63, 3.8) is 0 Å². The minimum Gasteiger partial charge on any atom is -0.494 e. The summed E-state index contributed by atoms with van der Waals surface area (Å²) in [6.07, 6.45) is 10.4. The van der Waals surface area contributed by atoms with Gasteiger partial charge in [-0.15, -0.1) is 0 Å². The van der Waals surface area contributed by atoms with E-state index in [1.54, 1.807) is 0 Å². The van der Waals surface area contributed by atoms with Crippen LogP contribution in [0.25, 0.3) is 0 Å². The molecular weight excluding hydrogens is 458 g/mol. The monoisotopic (exact) mass is 509 g/mol. The lowest BCUT2D eigenvalue weighted by Gasteiger charge is -2.28. The molecule has 37 heavy (non-hydrogen) atoms. The number of carbonyl (C=O) groups excluding carboxylic acids is 1. The van der Waals surface area contributed by atoms with Gasteiger partial charge in [-0.1, -0.05) is 77.6 Å². The van der Waals surface area contributed by atoms with Crippen molar-refractivity contribution in [3.05, 3.63) is 59.7 Å². The van der Waals surface area contributed by atoms with Crippen LogP contribution < -0.4 is 10.1 Å². The largest absolute Gasteiger partial charge is 0.494 e.